The van der Waals surface area contributed by atoms with E-state index in [1.54, 1.807) is 26.0 Å². The molecule has 4 fully saturated rings. The molecule has 7 atom stereocenters. The first kappa shape index (κ1) is 63.3. The molecule has 81 heavy (non-hydrogen) atoms. The van der Waals surface area contributed by atoms with Gasteiger partial charge in [-0.15, -0.1) is 0 Å². The lowest BCUT2D eigenvalue weighted by Crippen LogP contribution is -2.44. The van der Waals surface area contributed by atoms with Crippen LogP contribution in [0.5, 0.6) is 0 Å². The second-order valence-corrected chi connectivity index (χ2v) is 25.5. The summed E-state index contributed by atoms with van der Waals surface area (Å²) in [4.78, 5) is 32.0. The van der Waals surface area contributed by atoms with Crippen LogP contribution in [0.1, 0.15) is 241 Å². The Morgan fingerprint density at radius 1 is 0.765 bits per heavy atom. The van der Waals surface area contributed by atoms with Crippen LogP contribution in [0.2, 0.25) is 0 Å². The molecule has 0 radical (unpaired) electrons. The summed E-state index contributed by atoms with van der Waals surface area (Å²) in [6.45, 7) is 34.8. The van der Waals surface area contributed by atoms with Crippen molar-refractivity contribution in [2.45, 2.75) is 234 Å². The zero-order chi connectivity index (χ0) is 58.9. The van der Waals surface area contributed by atoms with Gasteiger partial charge in [0.05, 0.1) is 11.7 Å². The summed E-state index contributed by atoms with van der Waals surface area (Å²) in [7, 11) is 0. The lowest BCUT2D eigenvalue weighted by molar-refractivity contribution is -0.120. The summed E-state index contributed by atoms with van der Waals surface area (Å²) < 4.78 is 50.2. The van der Waals surface area contributed by atoms with Gasteiger partial charge in [0.15, 0.2) is 0 Å². The third-order valence-electron chi connectivity index (χ3n) is 19.5. The summed E-state index contributed by atoms with van der Waals surface area (Å²) in [6.07, 6.45) is 13.9. The number of carbonyl (C=O) groups excluding carboxylic acids is 2. The number of fused-ring (bicyclic) bond motifs is 1. The lowest BCUT2D eigenvalue weighted by atomic mass is 9.73. The van der Waals surface area contributed by atoms with Crippen molar-refractivity contribution in [3.63, 3.8) is 0 Å². The molecule has 9 rings (SSSR count). The summed E-state index contributed by atoms with van der Waals surface area (Å²) in [6, 6.07) is 26.4. The number of halogens is 3. The molecule has 1 saturated heterocycles. The number of aliphatic imine (C=N–C) groups is 1. The fourth-order valence-electron chi connectivity index (χ4n) is 15.0. The molecule has 0 aromatic heterocycles. The van der Waals surface area contributed by atoms with Crippen LogP contribution in [0.3, 0.4) is 0 Å². The SMILES string of the molecule is C=C(Cc1cc([C@H]2CC[C@H](c3ccc4c(c3)CC([C@@H](C)CCCCC3([C@@H](NC(C)=O)C(C)C)CC3)=N4)C2c2cc(F)c(C3CCC(F)(c4ccccc4)CC3)c(F)c2)ccc1C)[C@@H]1CCCN1C(=C)[C@@H](CC(C)=O)C(C)C.CC.CC. The van der Waals surface area contributed by atoms with Gasteiger partial charge in [0.25, 0.3) is 0 Å². The molecule has 3 aliphatic carbocycles. The van der Waals surface area contributed by atoms with Crippen molar-refractivity contribution in [3.05, 3.63) is 159 Å². The molecule has 0 bridgehead atoms. The first-order chi connectivity index (χ1) is 38.8. The average Bonchev–Trinajstić information content (AvgIpc) is 3.83. The van der Waals surface area contributed by atoms with E-state index in [4.69, 9.17) is 11.6 Å². The minimum Gasteiger partial charge on any atom is -0.368 e. The Morgan fingerprint density at radius 3 is 1.99 bits per heavy atom. The molecule has 1 unspecified atom stereocenters. The van der Waals surface area contributed by atoms with Crippen LogP contribution in [0.15, 0.2) is 108 Å². The Labute approximate surface area is 487 Å². The highest BCUT2D eigenvalue weighted by atomic mass is 19.1. The molecule has 5 nitrogen and oxygen atoms in total. The van der Waals surface area contributed by atoms with E-state index in [0.717, 1.165) is 81.3 Å². The number of nitrogens with one attached hydrogen (secondary N) is 1. The molecular formula is C73H100F3N3O2. The monoisotopic (exact) mass is 1110 g/mol. The predicted octanol–water partition coefficient (Wildman–Crippen LogP) is 19.4. The van der Waals surface area contributed by atoms with Gasteiger partial charge in [-0.2, -0.15) is 0 Å². The van der Waals surface area contributed by atoms with E-state index in [-0.39, 0.29) is 71.3 Å². The van der Waals surface area contributed by atoms with Gasteiger partial charge in [-0.3, -0.25) is 9.79 Å². The molecule has 4 aromatic carbocycles. The molecule has 2 aliphatic heterocycles. The maximum atomic E-state index is 17.0. The summed E-state index contributed by atoms with van der Waals surface area (Å²) >= 11 is 0. The molecule has 1 N–H and O–H groups in total. The molecule has 0 spiro atoms. The number of amides is 1. The van der Waals surface area contributed by atoms with E-state index >= 15 is 13.2 Å². The molecule has 5 aliphatic rings. The molecule has 4 aromatic rings. The van der Waals surface area contributed by atoms with Gasteiger partial charge >= 0.3 is 0 Å². The van der Waals surface area contributed by atoms with Crippen molar-refractivity contribution in [1.82, 2.24) is 10.2 Å². The van der Waals surface area contributed by atoms with Crippen LogP contribution in [0.25, 0.3) is 0 Å². The van der Waals surface area contributed by atoms with Crippen LogP contribution < -0.4 is 5.32 Å². The van der Waals surface area contributed by atoms with Gasteiger partial charge in [-0.05, 0) is 201 Å². The van der Waals surface area contributed by atoms with Crippen LogP contribution in [-0.4, -0.2) is 40.9 Å². The number of rotatable bonds is 22. The number of benzene rings is 4. The third kappa shape index (κ3) is 14.6. The number of carbonyl (C=O) groups is 2. The first-order valence-electron chi connectivity index (χ1n) is 31.7. The van der Waals surface area contributed by atoms with Gasteiger partial charge in [-0.25, -0.2) is 13.2 Å². The highest BCUT2D eigenvalue weighted by molar-refractivity contribution is 5.95. The maximum Gasteiger partial charge on any atom is 0.217 e. The van der Waals surface area contributed by atoms with E-state index < -0.39 is 23.2 Å². The smallest absolute Gasteiger partial charge is 0.217 e. The largest absolute Gasteiger partial charge is 0.368 e. The zero-order valence-corrected chi connectivity index (χ0v) is 51.8. The fraction of sp³-hybridized carbons (Fsp3) is 0.575. The molecule has 8 heteroatoms. The van der Waals surface area contributed by atoms with Crippen molar-refractivity contribution in [2.75, 3.05) is 6.54 Å². The second kappa shape index (κ2) is 27.9. The quantitative estimate of drug-likeness (QED) is 0.0630. The Balaban J connectivity index is 0.00000231. The summed E-state index contributed by atoms with van der Waals surface area (Å²) in [5.74, 6) is -0.203. The summed E-state index contributed by atoms with van der Waals surface area (Å²) in [5.41, 5.74) is 10.6. The Morgan fingerprint density at radius 2 is 1.40 bits per heavy atom. The van der Waals surface area contributed by atoms with Crippen molar-refractivity contribution < 1.29 is 22.8 Å². The highest BCUT2D eigenvalue weighted by Gasteiger charge is 2.50. The number of ketones is 1. The van der Waals surface area contributed by atoms with Crippen molar-refractivity contribution in [1.29, 1.82) is 0 Å². The van der Waals surface area contributed by atoms with Crippen molar-refractivity contribution in [3.8, 4) is 0 Å². The average molecular weight is 1110 g/mol. The van der Waals surface area contributed by atoms with Crippen LogP contribution in [0.4, 0.5) is 18.9 Å². The number of nitrogens with zero attached hydrogens (tertiary/aromatic N) is 2. The standard InChI is InChI=1S/C69H88F3N3O2.2C2H6/c1-42(2)59(36-47(8)76)48(9)75-34-16-20-64(75)46(7)35-53-37-51(22-21-44(53)5)57-24-25-58(65(57)55-39-60(70)66(61(71)40-55)50-27-30-69(72,31-28-50)56-18-12-11-13-19-56)52-23-26-62-54(38-52)41-63(74-62)45(6)17-14-15-29-68(32-33-68)67(43(3)4)73-49(10)77;2*1-2/h11-13,18-19,21-23,26,37-40,42-43,45,50,57-59,64-65,67H,7,9,14-17,20,24-25,27-36,41H2,1-6,8,10H3,(H,73,77);2*1-2H3/t45-,50?,57+,58+,59-,64-,65?,67-,69?;;/m0../s1. The van der Waals surface area contributed by atoms with Crippen molar-refractivity contribution >= 4 is 23.1 Å². The topological polar surface area (TPSA) is 61.8 Å². The van der Waals surface area contributed by atoms with Crippen LogP contribution in [0, 0.1) is 47.6 Å². The zero-order valence-electron chi connectivity index (χ0n) is 51.8. The lowest BCUT2D eigenvalue weighted by Gasteiger charge is -2.36. The second-order valence-electron chi connectivity index (χ2n) is 25.5. The normalized spacial score (nSPS) is 23.8. The third-order valence-corrected chi connectivity index (χ3v) is 19.5. The van der Waals surface area contributed by atoms with E-state index in [9.17, 15) is 9.59 Å². The van der Waals surface area contributed by atoms with E-state index in [0.29, 0.717) is 54.6 Å². The Kier molecular flexibility index (Phi) is 21.8. The number of Topliss-reactive ketones (excluding diaryl/α,β-unsaturated/α-hetero) is 1. The van der Waals surface area contributed by atoms with Gasteiger partial charge < -0.3 is 15.0 Å². The number of likely N-dealkylation sites (tertiary alicyclic amines) is 1. The number of hydrogen-bond acceptors (Lipinski definition) is 4. The minimum atomic E-state index is -1.50. The number of allylic oxidation sites excluding steroid dienone is 1. The Bertz CT molecular complexity index is 2810. The molecule has 2 heterocycles. The van der Waals surface area contributed by atoms with E-state index in [2.05, 4.69) is 94.7 Å². The van der Waals surface area contributed by atoms with E-state index in [1.807, 2.05) is 58.0 Å². The fourth-order valence-corrected chi connectivity index (χ4v) is 15.0. The molecular weight excluding hydrogens is 1010 g/mol. The van der Waals surface area contributed by atoms with Crippen molar-refractivity contribution in [2.24, 2.45) is 34.1 Å². The number of alkyl halides is 1. The van der Waals surface area contributed by atoms with Gasteiger partial charge in [0.1, 0.15) is 23.1 Å². The number of unbranched alkanes of at least 4 members (excludes halogenated alkanes) is 1. The summed E-state index contributed by atoms with van der Waals surface area (Å²) in [5, 5.41) is 3.28. The highest BCUT2D eigenvalue weighted by Crippen LogP contribution is 2.57. The van der Waals surface area contributed by atoms with Gasteiger partial charge in [-0.1, -0.05) is 155 Å². The minimum absolute atomic E-state index is 0.00929. The maximum absolute atomic E-state index is 17.0. The molecule has 1 amide bonds. The number of hydrogen-bond donors (Lipinski definition) is 1. The van der Waals surface area contributed by atoms with Crippen LogP contribution >= 0.6 is 0 Å². The number of aryl methyl sites for hydroxylation is 1. The van der Waals surface area contributed by atoms with Crippen LogP contribution in [-0.2, 0) is 28.1 Å². The van der Waals surface area contributed by atoms with Gasteiger partial charge in [0.2, 0.25) is 5.91 Å². The first-order valence-corrected chi connectivity index (χ1v) is 31.7. The van der Waals surface area contributed by atoms with E-state index in [1.165, 1.54) is 46.4 Å². The molecule has 3 saturated carbocycles. The predicted molar refractivity (Wildman–Crippen MR) is 332 cm³/mol. The molecule has 440 valence electrons. The van der Waals surface area contributed by atoms with Gasteiger partial charge in [0, 0.05) is 55.2 Å². The Hall–Kier alpha value is -5.24.